The van der Waals surface area contributed by atoms with Crippen LogP contribution < -0.4 is 15.5 Å². The van der Waals surface area contributed by atoms with Gasteiger partial charge in [-0.05, 0) is 31.3 Å². The molecule has 2 N–H and O–H groups in total. The fourth-order valence-electron chi connectivity index (χ4n) is 2.07. The van der Waals surface area contributed by atoms with E-state index < -0.39 is 0 Å². The van der Waals surface area contributed by atoms with Crippen molar-refractivity contribution in [1.29, 1.82) is 0 Å². The number of rotatable bonds is 5. The van der Waals surface area contributed by atoms with Crippen LogP contribution in [0.4, 0.5) is 0 Å². The summed E-state index contributed by atoms with van der Waals surface area (Å²) in [5.74, 6) is 2.21. The van der Waals surface area contributed by atoms with Gasteiger partial charge < -0.3 is 10.1 Å². The van der Waals surface area contributed by atoms with Gasteiger partial charge in [-0.2, -0.15) is 0 Å². The Morgan fingerprint density at radius 2 is 1.90 bits per heavy atom. The molecule has 0 bridgehead atoms. The van der Waals surface area contributed by atoms with Crippen molar-refractivity contribution in [3.63, 3.8) is 0 Å². The average molecular weight is 283 g/mol. The zero-order valence-corrected chi connectivity index (χ0v) is 11.7. The SMILES string of the molecule is CNCC1N=C(c2ccccc2Oc2ccccc2)NO1. The van der Waals surface area contributed by atoms with Crippen LogP contribution in [0.3, 0.4) is 0 Å². The zero-order valence-electron chi connectivity index (χ0n) is 11.7. The molecular formula is C16H17N3O2. The summed E-state index contributed by atoms with van der Waals surface area (Å²) in [6.45, 7) is 0.651. The van der Waals surface area contributed by atoms with Crippen molar-refractivity contribution in [2.75, 3.05) is 13.6 Å². The van der Waals surface area contributed by atoms with Gasteiger partial charge in [0.2, 0.25) is 0 Å². The molecule has 108 valence electrons. The molecule has 0 spiro atoms. The molecule has 1 atom stereocenters. The summed E-state index contributed by atoms with van der Waals surface area (Å²) >= 11 is 0. The number of ether oxygens (including phenoxy) is 1. The van der Waals surface area contributed by atoms with Crippen LogP contribution in [0, 0.1) is 0 Å². The molecule has 5 nitrogen and oxygen atoms in total. The number of benzene rings is 2. The van der Waals surface area contributed by atoms with Gasteiger partial charge in [0.15, 0.2) is 12.1 Å². The van der Waals surface area contributed by atoms with Crippen LogP contribution >= 0.6 is 0 Å². The number of hydrogen-bond acceptors (Lipinski definition) is 5. The smallest absolute Gasteiger partial charge is 0.189 e. The lowest BCUT2D eigenvalue weighted by Crippen LogP contribution is -2.25. The lowest BCUT2D eigenvalue weighted by atomic mass is 10.2. The Labute approximate surface area is 123 Å². The van der Waals surface area contributed by atoms with Gasteiger partial charge in [-0.15, -0.1) is 0 Å². The topological polar surface area (TPSA) is 54.9 Å². The van der Waals surface area contributed by atoms with E-state index in [9.17, 15) is 0 Å². The minimum absolute atomic E-state index is 0.227. The Hall–Kier alpha value is -2.37. The van der Waals surface area contributed by atoms with Crippen molar-refractivity contribution in [2.24, 2.45) is 4.99 Å². The molecule has 3 rings (SSSR count). The van der Waals surface area contributed by atoms with Gasteiger partial charge in [0, 0.05) is 6.54 Å². The van der Waals surface area contributed by atoms with Crippen molar-refractivity contribution < 1.29 is 9.57 Å². The molecule has 0 aliphatic carbocycles. The van der Waals surface area contributed by atoms with E-state index in [1.54, 1.807) is 0 Å². The largest absolute Gasteiger partial charge is 0.457 e. The molecule has 0 saturated heterocycles. The van der Waals surface area contributed by atoms with Gasteiger partial charge in [-0.25, -0.2) is 15.3 Å². The molecule has 0 amide bonds. The van der Waals surface area contributed by atoms with Crippen molar-refractivity contribution >= 4 is 5.84 Å². The Kier molecular flexibility index (Phi) is 4.14. The first-order valence-electron chi connectivity index (χ1n) is 6.83. The van der Waals surface area contributed by atoms with Crippen molar-refractivity contribution in [3.05, 3.63) is 60.2 Å². The quantitative estimate of drug-likeness (QED) is 0.884. The first-order valence-corrected chi connectivity index (χ1v) is 6.83. The van der Waals surface area contributed by atoms with Crippen LogP contribution in [0.25, 0.3) is 0 Å². The summed E-state index contributed by atoms with van der Waals surface area (Å²) in [4.78, 5) is 9.88. The lowest BCUT2D eigenvalue weighted by Gasteiger charge is -2.10. The van der Waals surface area contributed by atoms with E-state index in [0.29, 0.717) is 12.4 Å². The maximum atomic E-state index is 5.93. The number of hydrogen-bond donors (Lipinski definition) is 2. The van der Waals surface area contributed by atoms with Crippen LogP contribution in [0.5, 0.6) is 11.5 Å². The molecule has 0 saturated carbocycles. The van der Waals surface area contributed by atoms with Crippen LogP contribution in [0.2, 0.25) is 0 Å². The van der Waals surface area contributed by atoms with E-state index in [1.807, 2.05) is 61.6 Å². The molecule has 1 heterocycles. The highest BCUT2D eigenvalue weighted by molar-refractivity contribution is 6.01. The second-order valence-corrected chi connectivity index (χ2v) is 4.62. The van der Waals surface area contributed by atoms with Gasteiger partial charge in [0.05, 0.1) is 5.56 Å². The normalized spacial score (nSPS) is 17.2. The summed E-state index contributed by atoms with van der Waals surface area (Å²) < 4.78 is 5.93. The van der Waals surface area contributed by atoms with E-state index in [-0.39, 0.29) is 6.23 Å². The fraction of sp³-hybridized carbons (Fsp3) is 0.188. The monoisotopic (exact) mass is 283 g/mol. The standard InChI is InChI=1S/C16H17N3O2/c1-17-11-15-18-16(19-21-15)13-9-5-6-10-14(13)20-12-7-3-2-4-8-12/h2-10,15,17H,11H2,1H3,(H,18,19). The zero-order chi connectivity index (χ0) is 14.5. The highest BCUT2D eigenvalue weighted by Crippen LogP contribution is 2.26. The Bertz CT molecular complexity index is 628. The second-order valence-electron chi connectivity index (χ2n) is 4.62. The van der Waals surface area contributed by atoms with E-state index in [0.717, 1.165) is 17.1 Å². The summed E-state index contributed by atoms with van der Waals surface area (Å²) in [7, 11) is 1.86. The number of hydroxylamine groups is 1. The van der Waals surface area contributed by atoms with Gasteiger partial charge in [-0.1, -0.05) is 30.3 Å². The third-order valence-electron chi connectivity index (χ3n) is 3.06. The van der Waals surface area contributed by atoms with Gasteiger partial charge >= 0.3 is 0 Å². The number of para-hydroxylation sites is 2. The highest BCUT2D eigenvalue weighted by atomic mass is 16.7. The number of nitrogens with one attached hydrogen (secondary N) is 2. The highest BCUT2D eigenvalue weighted by Gasteiger charge is 2.20. The van der Waals surface area contributed by atoms with Crippen molar-refractivity contribution in [3.8, 4) is 11.5 Å². The van der Waals surface area contributed by atoms with E-state index in [2.05, 4.69) is 15.8 Å². The average Bonchev–Trinajstić information content (AvgIpc) is 2.98. The number of likely N-dealkylation sites (N-methyl/N-ethyl adjacent to an activating group) is 1. The molecule has 0 aromatic heterocycles. The van der Waals surface area contributed by atoms with Gasteiger partial charge in [-0.3, -0.25) is 0 Å². The molecule has 2 aromatic carbocycles. The first kappa shape index (κ1) is 13.6. The molecule has 1 unspecified atom stereocenters. The van der Waals surface area contributed by atoms with E-state index in [1.165, 1.54) is 0 Å². The molecule has 0 fully saturated rings. The molecule has 1 aliphatic rings. The molecular weight excluding hydrogens is 266 g/mol. The summed E-state index contributed by atoms with van der Waals surface area (Å²) in [6.07, 6.45) is -0.227. The lowest BCUT2D eigenvalue weighted by molar-refractivity contribution is 0.0400. The van der Waals surface area contributed by atoms with E-state index in [4.69, 9.17) is 9.57 Å². The predicted molar refractivity (Wildman–Crippen MR) is 81.4 cm³/mol. The van der Waals surface area contributed by atoms with Crippen LogP contribution in [-0.2, 0) is 4.84 Å². The van der Waals surface area contributed by atoms with Gasteiger partial charge in [0.25, 0.3) is 0 Å². The molecule has 21 heavy (non-hydrogen) atoms. The summed E-state index contributed by atoms with van der Waals surface area (Å²) in [5, 5.41) is 3.03. The Balaban J connectivity index is 1.85. The first-order chi connectivity index (χ1) is 10.4. The van der Waals surface area contributed by atoms with Crippen LogP contribution in [0.1, 0.15) is 5.56 Å². The third kappa shape index (κ3) is 3.21. The summed E-state index contributed by atoms with van der Waals surface area (Å²) in [6, 6.07) is 17.4. The number of aliphatic imine (C=N–C) groups is 1. The van der Waals surface area contributed by atoms with E-state index >= 15 is 0 Å². The van der Waals surface area contributed by atoms with Crippen molar-refractivity contribution in [1.82, 2.24) is 10.8 Å². The minimum atomic E-state index is -0.227. The fourth-order valence-corrected chi connectivity index (χ4v) is 2.07. The minimum Gasteiger partial charge on any atom is -0.457 e. The van der Waals surface area contributed by atoms with Gasteiger partial charge in [0.1, 0.15) is 11.5 Å². The van der Waals surface area contributed by atoms with Crippen molar-refractivity contribution in [2.45, 2.75) is 6.23 Å². The maximum absolute atomic E-state index is 5.93. The molecule has 0 radical (unpaired) electrons. The molecule has 2 aromatic rings. The maximum Gasteiger partial charge on any atom is 0.189 e. The second kappa shape index (κ2) is 6.39. The van der Waals surface area contributed by atoms with Crippen LogP contribution in [0.15, 0.2) is 59.6 Å². The molecule has 5 heteroatoms. The third-order valence-corrected chi connectivity index (χ3v) is 3.06. The number of nitrogens with zero attached hydrogens (tertiary/aromatic N) is 1. The van der Waals surface area contributed by atoms with Crippen LogP contribution in [-0.4, -0.2) is 25.7 Å². The predicted octanol–water partition coefficient (Wildman–Crippen LogP) is 2.31. The Morgan fingerprint density at radius 3 is 2.71 bits per heavy atom. The summed E-state index contributed by atoms with van der Waals surface area (Å²) in [5.41, 5.74) is 3.74. The Morgan fingerprint density at radius 1 is 1.14 bits per heavy atom. The molecule has 1 aliphatic heterocycles. The number of amidine groups is 1.